The summed E-state index contributed by atoms with van der Waals surface area (Å²) < 4.78 is 1.63. The van der Waals surface area contributed by atoms with E-state index < -0.39 is 0 Å². The fourth-order valence-corrected chi connectivity index (χ4v) is 4.44. The summed E-state index contributed by atoms with van der Waals surface area (Å²) in [6, 6.07) is 7.58. The SMILES string of the molecule is N#Cc1ccc(N2CCN(CCn3nc4c(cc3=O)CSCC4)CC2)nc1. The molecule has 140 valence electrons. The lowest BCUT2D eigenvalue weighted by Gasteiger charge is -2.35. The van der Waals surface area contributed by atoms with E-state index in [0.29, 0.717) is 12.1 Å². The molecule has 27 heavy (non-hydrogen) atoms. The monoisotopic (exact) mass is 382 g/mol. The maximum absolute atomic E-state index is 12.3. The highest BCUT2D eigenvalue weighted by Crippen LogP contribution is 2.21. The summed E-state index contributed by atoms with van der Waals surface area (Å²) in [5.74, 6) is 2.91. The predicted octanol–water partition coefficient (Wildman–Crippen LogP) is 1.12. The molecule has 0 atom stereocenters. The maximum Gasteiger partial charge on any atom is 0.267 e. The highest BCUT2D eigenvalue weighted by molar-refractivity contribution is 7.98. The number of aromatic nitrogens is 3. The highest BCUT2D eigenvalue weighted by Gasteiger charge is 2.19. The summed E-state index contributed by atoms with van der Waals surface area (Å²) in [6.07, 6.45) is 2.57. The van der Waals surface area contributed by atoms with E-state index in [1.165, 1.54) is 0 Å². The molecule has 0 radical (unpaired) electrons. The van der Waals surface area contributed by atoms with Gasteiger partial charge in [-0.15, -0.1) is 0 Å². The molecule has 8 heteroatoms. The van der Waals surface area contributed by atoms with Crippen molar-refractivity contribution in [3.05, 3.63) is 51.6 Å². The van der Waals surface area contributed by atoms with Crippen LogP contribution in [0.4, 0.5) is 5.82 Å². The van der Waals surface area contributed by atoms with Crippen molar-refractivity contribution >= 4 is 17.6 Å². The Kier molecular flexibility index (Phi) is 5.41. The number of thioether (sulfide) groups is 1. The zero-order valence-corrected chi connectivity index (χ0v) is 16.0. The Labute approximate surface area is 162 Å². The summed E-state index contributed by atoms with van der Waals surface area (Å²) >= 11 is 1.87. The largest absolute Gasteiger partial charge is 0.354 e. The van der Waals surface area contributed by atoms with Crippen LogP contribution in [-0.4, -0.2) is 58.1 Å². The minimum Gasteiger partial charge on any atom is -0.354 e. The van der Waals surface area contributed by atoms with Gasteiger partial charge in [0.2, 0.25) is 0 Å². The summed E-state index contributed by atoms with van der Waals surface area (Å²) in [4.78, 5) is 21.3. The number of hydrogen-bond acceptors (Lipinski definition) is 7. The molecule has 0 aromatic carbocycles. The fraction of sp³-hybridized carbons (Fsp3) is 0.474. The van der Waals surface area contributed by atoms with Gasteiger partial charge in [-0.05, 0) is 23.4 Å². The van der Waals surface area contributed by atoms with Gasteiger partial charge in [0.15, 0.2) is 0 Å². The van der Waals surface area contributed by atoms with Gasteiger partial charge in [0, 0.05) is 57.2 Å². The number of aryl methyl sites for hydroxylation is 1. The van der Waals surface area contributed by atoms with E-state index in [0.717, 1.165) is 67.7 Å². The normalized spacial score (nSPS) is 17.4. The van der Waals surface area contributed by atoms with E-state index in [4.69, 9.17) is 5.26 Å². The van der Waals surface area contributed by atoms with Crippen molar-refractivity contribution in [3.8, 4) is 6.07 Å². The zero-order valence-electron chi connectivity index (χ0n) is 15.2. The molecule has 2 aromatic heterocycles. The van der Waals surface area contributed by atoms with Crippen molar-refractivity contribution in [2.24, 2.45) is 0 Å². The molecule has 2 aliphatic rings. The molecule has 0 spiro atoms. The van der Waals surface area contributed by atoms with Gasteiger partial charge in [-0.2, -0.15) is 22.1 Å². The molecule has 0 saturated carbocycles. The second-order valence-corrected chi connectivity index (χ2v) is 7.93. The third-order valence-corrected chi connectivity index (χ3v) is 6.11. The second kappa shape index (κ2) is 8.11. The van der Waals surface area contributed by atoms with Gasteiger partial charge < -0.3 is 4.90 Å². The fourth-order valence-electron chi connectivity index (χ4n) is 3.49. The van der Waals surface area contributed by atoms with Crippen LogP contribution in [0.2, 0.25) is 0 Å². The van der Waals surface area contributed by atoms with E-state index in [9.17, 15) is 4.79 Å². The zero-order chi connectivity index (χ0) is 18.6. The van der Waals surface area contributed by atoms with Crippen LogP contribution < -0.4 is 10.5 Å². The lowest BCUT2D eigenvalue weighted by atomic mass is 10.2. The Morgan fingerprint density at radius 3 is 2.78 bits per heavy atom. The molecule has 0 aliphatic carbocycles. The summed E-state index contributed by atoms with van der Waals surface area (Å²) in [7, 11) is 0. The summed E-state index contributed by atoms with van der Waals surface area (Å²) in [6.45, 7) is 5.10. The van der Waals surface area contributed by atoms with Crippen molar-refractivity contribution in [2.45, 2.75) is 18.7 Å². The number of nitriles is 1. The Morgan fingerprint density at radius 1 is 1.19 bits per heavy atom. The summed E-state index contributed by atoms with van der Waals surface area (Å²) in [5.41, 5.74) is 2.79. The summed E-state index contributed by atoms with van der Waals surface area (Å²) in [5, 5.41) is 13.5. The number of rotatable bonds is 4. The van der Waals surface area contributed by atoms with Gasteiger partial charge in [0.25, 0.3) is 5.56 Å². The molecular formula is C19H22N6OS. The molecule has 0 N–H and O–H groups in total. The van der Waals surface area contributed by atoms with E-state index in [2.05, 4.69) is 26.0 Å². The van der Waals surface area contributed by atoms with Crippen LogP contribution in [0.5, 0.6) is 0 Å². The molecule has 0 unspecified atom stereocenters. The quantitative estimate of drug-likeness (QED) is 0.784. The molecule has 1 fully saturated rings. The first-order chi connectivity index (χ1) is 13.2. The van der Waals surface area contributed by atoms with E-state index >= 15 is 0 Å². The second-order valence-electron chi connectivity index (χ2n) is 6.83. The Morgan fingerprint density at radius 2 is 2.04 bits per heavy atom. The molecule has 1 saturated heterocycles. The van der Waals surface area contributed by atoms with Gasteiger partial charge in [0.1, 0.15) is 11.9 Å². The molecule has 0 bridgehead atoms. The van der Waals surface area contributed by atoms with Crippen molar-refractivity contribution < 1.29 is 0 Å². The van der Waals surface area contributed by atoms with Gasteiger partial charge >= 0.3 is 0 Å². The lowest BCUT2D eigenvalue weighted by molar-refractivity contribution is 0.242. The molecular weight excluding hydrogens is 360 g/mol. The third kappa shape index (κ3) is 4.15. The van der Waals surface area contributed by atoms with Gasteiger partial charge in [-0.25, -0.2) is 9.67 Å². The van der Waals surface area contributed by atoms with Crippen LogP contribution in [0.1, 0.15) is 16.8 Å². The van der Waals surface area contributed by atoms with Crippen molar-refractivity contribution in [3.63, 3.8) is 0 Å². The lowest BCUT2D eigenvalue weighted by Crippen LogP contribution is -2.48. The predicted molar refractivity (Wildman–Crippen MR) is 106 cm³/mol. The van der Waals surface area contributed by atoms with Gasteiger partial charge in [0.05, 0.1) is 17.8 Å². The molecule has 2 aliphatic heterocycles. The van der Waals surface area contributed by atoms with Crippen molar-refractivity contribution in [1.82, 2.24) is 19.7 Å². The smallest absolute Gasteiger partial charge is 0.267 e. The minimum absolute atomic E-state index is 0.0108. The van der Waals surface area contributed by atoms with Crippen LogP contribution in [0.25, 0.3) is 0 Å². The number of fused-ring (bicyclic) bond motifs is 1. The first-order valence-electron chi connectivity index (χ1n) is 9.24. The molecule has 7 nitrogen and oxygen atoms in total. The van der Waals surface area contributed by atoms with Gasteiger partial charge in [-0.1, -0.05) is 0 Å². The topological polar surface area (TPSA) is 78.0 Å². The maximum atomic E-state index is 12.3. The van der Waals surface area contributed by atoms with Gasteiger partial charge in [-0.3, -0.25) is 9.69 Å². The Balaban J connectivity index is 1.32. The van der Waals surface area contributed by atoms with Crippen LogP contribution in [0.15, 0.2) is 29.2 Å². The van der Waals surface area contributed by atoms with Crippen LogP contribution in [-0.2, 0) is 18.7 Å². The minimum atomic E-state index is 0.0108. The molecule has 4 rings (SSSR count). The number of hydrogen-bond donors (Lipinski definition) is 0. The number of piperazine rings is 1. The Hall–Kier alpha value is -2.37. The number of anilines is 1. The third-order valence-electron chi connectivity index (χ3n) is 5.11. The van der Waals surface area contributed by atoms with E-state index in [-0.39, 0.29) is 5.56 Å². The standard InChI is InChI=1S/C19H22N6OS/c20-12-15-1-2-18(21-13-15)24-7-4-23(5-8-24)6-9-25-19(26)11-16-14-27-10-3-17(16)22-25/h1-2,11,13H,3-10,14H2. The molecule has 0 amide bonds. The van der Waals surface area contributed by atoms with Crippen LogP contribution in [0, 0.1) is 11.3 Å². The van der Waals surface area contributed by atoms with Crippen molar-refractivity contribution in [1.29, 1.82) is 5.26 Å². The molecule has 2 aromatic rings. The first-order valence-corrected chi connectivity index (χ1v) is 10.4. The van der Waals surface area contributed by atoms with E-state index in [1.807, 2.05) is 17.8 Å². The molecule has 4 heterocycles. The highest BCUT2D eigenvalue weighted by atomic mass is 32.2. The first kappa shape index (κ1) is 18.0. The number of pyridine rings is 1. The number of nitrogens with zero attached hydrogens (tertiary/aromatic N) is 6. The Bertz CT molecular complexity index is 896. The van der Waals surface area contributed by atoms with Crippen molar-refractivity contribution in [2.75, 3.05) is 43.4 Å². The van der Waals surface area contributed by atoms with Crippen LogP contribution >= 0.6 is 11.8 Å². The van der Waals surface area contributed by atoms with E-state index in [1.54, 1.807) is 23.0 Å². The average Bonchev–Trinajstić information content (AvgIpc) is 2.73. The van der Waals surface area contributed by atoms with Crippen LogP contribution in [0.3, 0.4) is 0 Å². The average molecular weight is 382 g/mol.